The Kier molecular flexibility index (Phi) is 10.4. The molecule has 0 heterocycles. The van der Waals surface area contributed by atoms with Crippen molar-refractivity contribution in [3.63, 3.8) is 0 Å². The van der Waals surface area contributed by atoms with Crippen LogP contribution in [0.2, 0.25) is 0 Å². The van der Waals surface area contributed by atoms with Gasteiger partial charge in [-0.05, 0) is 33.2 Å². The highest BCUT2D eigenvalue weighted by molar-refractivity contribution is 7.99. The van der Waals surface area contributed by atoms with E-state index in [1.807, 2.05) is 25.6 Å². The molecule has 0 aromatic heterocycles. The lowest BCUT2D eigenvalue weighted by molar-refractivity contribution is -0.150. The Bertz CT molecular complexity index is 251. The molecule has 0 amide bonds. The van der Waals surface area contributed by atoms with Gasteiger partial charge in [-0.3, -0.25) is 4.79 Å². The lowest BCUT2D eigenvalue weighted by atomic mass is 9.96. The second-order valence-electron chi connectivity index (χ2n) is 4.86. The van der Waals surface area contributed by atoms with Crippen LogP contribution >= 0.6 is 11.8 Å². The fraction of sp³-hybridized carbons (Fsp3) is 0.929. The lowest BCUT2D eigenvalue weighted by Crippen LogP contribution is -2.52. The van der Waals surface area contributed by atoms with Gasteiger partial charge in [-0.25, -0.2) is 0 Å². The molecule has 2 atom stereocenters. The number of carbonyl (C=O) groups excluding carboxylic acids is 1. The molecule has 1 N–H and O–H groups in total. The van der Waals surface area contributed by atoms with Crippen LogP contribution in [0.4, 0.5) is 0 Å². The average Bonchev–Trinajstić information content (AvgIpc) is 2.37. The minimum absolute atomic E-state index is 0.150. The summed E-state index contributed by atoms with van der Waals surface area (Å²) in [5.41, 5.74) is -0.592. The van der Waals surface area contributed by atoms with E-state index >= 15 is 0 Å². The number of carbonyl (C=O) groups is 1. The highest BCUT2D eigenvalue weighted by Crippen LogP contribution is 2.23. The van der Waals surface area contributed by atoms with Crippen LogP contribution in [0.1, 0.15) is 40.5 Å². The molecule has 5 heteroatoms. The molecule has 0 aliphatic carbocycles. The number of rotatable bonds is 11. The predicted octanol–water partition coefficient (Wildman–Crippen LogP) is 2.47. The van der Waals surface area contributed by atoms with Gasteiger partial charge in [0.05, 0.1) is 13.2 Å². The Morgan fingerprint density at radius 3 is 2.63 bits per heavy atom. The number of methoxy groups -OCH3 is 1. The molecular weight excluding hydrogens is 262 g/mol. The van der Waals surface area contributed by atoms with E-state index in [1.165, 1.54) is 0 Å². The SMILES string of the molecule is CCCNC(C)(CC(C)SCCOC)C(=O)OCC. The Hall–Kier alpha value is -0.260. The van der Waals surface area contributed by atoms with Gasteiger partial charge in [0, 0.05) is 18.1 Å². The van der Waals surface area contributed by atoms with Crippen molar-refractivity contribution < 1.29 is 14.3 Å². The van der Waals surface area contributed by atoms with Crippen LogP contribution in [0, 0.1) is 0 Å². The Morgan fingerprint density at radius 2 is 2.11 bits per heavy atom. The third-order valence-electron chi connectivity index (χ3n) is 2.88. The molecule has 2 unspecified atom stereocenters. The molecule has 4 nitrogen and oxygen atoms in total. The van der Waals surface area contributed by atoms with Crippen molar-refractivity contribution >= 4 is 17.7 Å². The van der Waals surface area contributed by atoms with E-state index < -0.39 is 5.54 Å². The summed E-state index contributed by atoms with van der Waals surface area (Å²) >= 11 is 1.82. The number of thioether (sulfide) groups is 1. The van der Waals surface area contributed by atoms with Crippen LogP contribution in [-0.4, -0.2) is 49.4 Å². The average molecular weight is 291 g/mol. The summed E-state index contributed by atoms with van der Waals surface area (Å²) in [6, 6.07) is 0. The van der Waals surface area contributed by atoms with Crippen molar-refractivity contribution in [2.24, 2.45) is 0 Å². The van der Waals surface area contributed by atoms with E-state index in [9.17, 15) is 4.79 Å². The largest absolute Gasteiger partial charge is 0.465 e. The van der Waals surface area contributed by atoms with Gasteiger partial charge in [0.25, 0.3) is 0 Å². The third kappa shape index (κ3) is 7.80. The number of hydrogen-bond acceptors (Lipinski definition) is 5. The number of esters is 1. The van der Waals surface area contributed by atoms with Crippen molar-refractivity contribution in [3.05, 3.63) is 0 Å². The molecule has 0 saturated heterocycles. The Balaban J connectivity index is 4.43. The summed E-state index contributed by atoms with van der Waals surface area (Å²) in [6.45, 7) is 10.0. The Morgan fingerprint density at radius 1 is 1.42 bits per heavy atom. The van der Waals surface area contributed by atoms with Crippen LogP contribution in [0.5, 0.6) is 0 Å². The van der Waals surface area contributed by atoms with Crippen LogP contribution in [0.15, 0.2) is 0 Å². The molecule has 0 radical (unpaired) electrons. The van der Waals surface area contributed by atoms with E-state index in [0.717, 1.165) is 31.7 Å². The molecule has 0 aromatic rings. The zero-order chi connectivity index (χ0) is 14.7. The summed E-state index contributed by atoms with van der Waals surface area (Å²) in [5.74, 6) is 0.798. The minimum atomic E-state index is -0.592. The van der Waals surface area contributed by atoms with Crippen molar-refractivity contribution in [2.45, 2.75) is 51.3 Å². The van der Waals surface area contributed by atoms with Gasteiger partial charge >= 0.3 is 5.97 Å². The molecule has 0 aromatic carbocycles. The zero-order valence-electron chi connectivity index (χ0n) is 13.0. The number of hydrogen-bond donors (Lipinski definition) is 1. The van der Waals surface area contributed by atoms with Crippen molar-refractivity contribution in [3.8, 4) is 0 Å². The predicted molar refractivity (Wildman–Crippen MR) is 81.7 cm³/mol. The standard InChI is InChI=1S/C14H29NO3S/c1-6-8-15-14(4,13(16)18-7-2)11-12(3)19-10-9-17-5/h12,15H,6-11H2,1-5H3. The van der Waals surface area contributed by atoms with Gasteiger partial charge in [-0.15, -0.1) is 0 Å². The first-order valence-corrected chi connectivity index (χ1v) is 8.07. The molecule has 19 heavy (non-hydrogen) atoms. The lowest BCUT2D eigenvalue weighted by Gasteiger charge is -2.31. The monoisotopic (exact) mass is 291 g/mol. The topological polar surface area (TPSA) is 47.6 Å². The first-order valence-electron chi connectivity index (χ1n) is 7.03. The van der Waals surface area contributed by atoms with E-state index in [1.54, 1.807) is 7.11 Å². The normalized spacial score (nSPS) is 15.8. The van der Waals surface area contributed by atoms with Gasteiger partial charge in [0.1, 0.15) is 5.54 Å². The van der Waals surface area contributed by atoms with E-state index in [2.05, 4.69) is 19.2 Å². The second kappa shape index (κ2) is 10.5. The van der Waals surface area contributed by atoms with Crippen molar-refractivity contribution in [1.29, 1.82) is 0 Å². The molecule has 0 spiro atoms. The molecular formula is C14H29NO3S. The first-order chi connectivity index (χ1) is 9.00. The molecule has 0 saturated carbocycles. The van der Waals surface area contributed by atoms with Crippen molar-refractivity contribution in [1.82, 2.24) is 5.32 Å². The quantitative estimate of drug-likeness (QED) is 0.468. The van der Waals surface area contributed by atoms with E-state index in [4.69, 9.17) is 9.47 Å². The Labute approximate surface area is 122 Å². The summed E-state index contributed by atoms with van der Waals surface area (Å²) in [4.78, 5) is 12.1. The second-order valence-corrected chi connectivity index (χ2v) is 6.40. The summed E-state index contributed by atoms with van der Waals surface area (Å²) in [5, 5.41) is 3.72. The van der Waals surface area contributed by atoms with Crippen LogP contribution in [0.25, 0.3) is 0 Å². The van der Waals surface area contributed by atoms with Crippen LogP contribution in [0.3, 0.4) is 0 Å². The summed E-state index contributed by atoms with van der Waals surface area (Å²) in [7, 11) is 1.71. The first kappa shape index (κ1) is 18.7. The minimum Gasteiger partial charge on any atom is -0.465 e. The highest BCUT2D eigenvalue weighted by Gasteiger charge is 2.35. The van der Waals surface area contributed by atoms with Gasteiger partial charge in [0.15, 0.2) is 0 Å². The maximum absolute atomic E-state index is 12.1. The fourth-order valence-electron chi connectivity index (χ4n) is 1.89. The molecule has 0 fully saturated rings. The maximum Gasteiger partial charge on any atom is 0.326 e. The molecule has 0 bridgehead atoms. The van der Waals surface area contributed by atoms with Gasteiger partial charge in [-0.2, -0.15) is 11.8 Å². The van der Waals surface area contributed by atoms with Gasteiger partial charge in [0.2, 0.25) is 0 Å². The molecule has 0 aliphatic rings. The third-order valence-corrected chi connectivity index (χ3v) is 4.01. The van der Waals surface area contributed by atoms with Gasteiger partial charge in [-0.1, -0.05) is 13.8 Å². The molecule has 0 aliphatic heterocycles. The van der Waals surface area contributed by atoms with E-state index in [0.29, 0.717) is 11.9 Å². The summed E-state index contributed by atoms with van der Waals surface area (Å²) in [6.07, 6.45) is 1.76. The van der Waals surface area contributed by atoms with E-state index in [-0.39, 0.29) is 5.97 Å². The highest BCUT2D eigenvalue weighted by atomic mass is 32.2. The maximum atomic E-state index is 12.1. The van der Waals surface area contributed by atoms with Crippen LogP contribution < -0.4 is 5.32 Å². The molecule has 0 rings (SSSR count). The fourth-order valence-corrected chi connectivity index (χ4v) is 3.00. The number of ether oxygens (including phenoxy) is 2. The van der Waals surface area contributed by atoms with Crippen molar-refractivity contribution in [2.75, 3.05) is 32.6 Å². The van der Waals surface area contributed by atoms with Gasteiger partial charge < -0.3 is 14.8 Å². The number of nitrogens with one attached hydrogen (secondary N) is 1. The van der Waals surface area contributed by atoms with Crippen LogP contribution in [-0.2, 0) is 14.3 Å². The summed E-state index contributed by atoms with van der Waals surface area (Å²) < 4.78 is 10.2. The zero-order valence-corrected chi connectivity index (χ0v) is 13.8. The smallest absolute Gasteiger partial charge is 0.326 e. The molecule has 114 valence electrons.